The van der Waals surface area contributed by atoms with Gasteiger partial charge in [-0.05, 0) is 18.2 Å². The molecule has 2 nitrogen and oxygen atoms in total. The average Bonchev–Trinajstić information content (AvgIpc) is 2.15. The van der Waals surface area contributed by atoms with Crippen molar-refractivity contribution in [2.45, 2.75) is 0 Å². The summed E-state index contributed by atoms with van der Waals surface area (Å²) in [5.41, 5.74) is 0.730. The third-order valence-corrected chi connectivity index (χ3v) is 1.89. The van der Waals surface area contributed by atoms with E-state index in [4.69, 9.17) is 21.6 Å². The molecule has 0 N–H and O–H groups in total. The Morgan fingerprint density at radius 2 is 2.31 bits per heavy atom. The number of ether oxygens (including phenoxy) is 1. The molecule has 1 aromatic rings. The Morgan fingerprint density at radius 1 is 1.54 bits per heavy atom. The van der Waals surface area contributed by atoms with Gasteiger partial charge in [-0.15, -0.1) is 0 Å². The minimum absolute atomic E-state index is 0.575. The summed E-state index contributed by atoms with van der Waals surface area (Å²) < 4.78 is 5.08. The van der Waals surface area contributed by atoms with E-state index in [2.05, 4.69) is 0 Å². The predicted molar refractivity (Wildman–Crippen MR) is 52.7 cm³/mol. The Morgan fingerprint density at radius 3 is 2.92 bits per heavy atom. The monoisotopic (exact) mass is 193 g/mol. The third-order valence-electron chi connectivity index (χ3n) is 1.56. The van der Waals surface area contributed by atoms with Crippen LogP contribution in [0.3, 0.4) is 0 Å². The lowest BCUT2D eigenvalue weighted by Crippen LogP contribution is -1.86. The number of rotatable bonds is 2. The fourth-order valence-electron chi connectivity index (χ4n) is 0.978. The van der Waals surface area contributed by atoms with Gasteiger partial charge >= 0.3 is 0 Å². The first kappa shape index (κ1) is 9.63. The zero-order chi connectivity index (χ0) is 9.68. The minimum atomic E-state index is 0.575. The largest absolute Gasteiger partial charge is 0.496 e. The number of hydrogen-bond acceptors (Lipinski definition) is 2. The first-order valence-corrected chi connectivity index (χ1v) is 4.06. The van der Waals surface area contributed by atoms with Gasteiger partial charge in [-0.1, -0.05) is 17.7 Å². The van der Waals surface area contributed by atoms with Crippen LogP contribution in [0.5, 0.6) is 5.75 Å². The number of methoxy groups -OCH3 is 1. The molecule has 0 spiro atoms. The fourth-order valence-corrected chi connectivity index (χ4v) is 1.21. The summed E-state index contributed by atoms with van der Waals surface area (Å²) in [7, 11) is 1.56. The molecule has 0 saturated heterocycles. The van der Waals surface area contributed by atoms with Gasteiger partial charge in [0.05, 0.1) is 18.2 Å². The minimum Gasteiger partial charge on any atom is -0.496 e. The highest BCUT2D eigenvalue weighted by molar-refractivity contribution is 6.32. The molecule has 0 fully saturated rings. The molecular weight excluding hydrogens is 186 g/mol. The summed E-state index contributed by atoms with van der Waals surface area (Å²) in [6.07, 6.45) is 2.99. The zero-order valence-corrected chi connectivity index (χ0v) is 7.88. The second-order valence-electron chi connectivity index (χ2n) is 2.32. The maximum Gasteiger partial charge on any atom is 0.127 e. The van der Waals surface area contributed by atoms with Crippen LogP contribution < -0.4 is 4.74 Å². The molecule has 0 atom stereocenters. The van der Waals surface area contributed by atoms with E-state index in [1.165, 1.54) is 6.08 Å². The molecule has 0 unspecified atom stereocenters. The summed E-state index contributed by atoms with van der Waals surface area (Å²) in [6.45, 7) is 0. The smallest absolute Gasteiger partial charge is 0.127 e. The van der Waals surface area contributed by atoms with Crippen molar-refractivity contribution in [2.75, 3.05) is 7.11 Å². The highest BCUT2D eigenvalue weighted by atomic mass is 35.5. The van der Waals surface area contributed by atoms with E-state index < -0.39 is 0 Å². The molecule has 0 saturated carbocycles. The number of allylic oxidation sites excluding steroid dienone is 1. The number of hydrogen-bond donors (Lipinski definition) is 0. The molecule has 1 aromatic carbocycles. The molecule has 3 heteroatoms. The summed E-state index contributed by atoms with van der Waals surface area (Å²) in [6, 6.07) is 7.24. The predicted octanol–water partition coefficient (Wildman–Crippen LogP) is 2.89. The summed E-state index contributed by atoms with van der Waals surface area (Å²) >= 11 is 5.90. The van der Waals surface area contributed by atoms with E-state index in [1.54, 1.807) is 31.4 Å². The van der Waals surface area contributed by atoms with Gasteiger partial charge in [-0.3, -0.25) is 0 Å². The molecule has 0 aliphatic rings. The first-order chi connectivity index (χ1) is 6.29. The van der Waals surface area contributed by atoms with Crippen molar-refractivity contribution < 1.29 is 4.74 Å². The van der Waals surface area contributed by atoms with Crippen molar-refractivity contribution in [3.63, 3.8) is 0 Å². The lowest BCUT2D eigenvalue weighted by atomic mass is 10.2. The van der Waals surface area contributed by atoms with E-state index in [9.17, 15) is 0 Å². The van der Waals surface area contributed by atoms with E-state index in [-0.39, 0.29) is 0 Å². The lowest BCUT2D eigenvalue weighted by molar-refractivity contribution is 0.414. The zero-order valence-electron chi connectivity index (χ0n) is 7.12. The molecule has 0 heterocycles. The number of halogens is 1. The quantitative estimate of drug-likeness (QED) is 0.677. The van der Waals surface area contributed by atoms with Gasteiger partial charge in [-0.2, -0.15) is 5.26 Å². The van der Waals surface area contributed by atoms with Gasteiger partial charge in [0.15, 0.2) is 0 Å². The summed E-state index contributed by atoms with van der Waals surface area (Å²) in [4.78, 5) is 0. The van der Waals surface area contributed by atoms with Crippen molar-refractivity contribution in [3.05, 3.63) is 34.9 Å². The maximum atomic E-state index is 8.36. The highest BCUT2D eigenvalue weighted by Gasteiger charge is 2.02. The lowest BCUT2D eigenvalue weighted by Gasteiger charge is -2.04. The molecule has 0 bridgehead atoms. The normalized spacial score (nSPS) is 9.92. The Bertz CT molecular complexity index is 366. The molecule has 13 heavy (non-hydrogen) atoms. The highest BCUT2D eigenvalue weighted by Crippen LogP contribution is 2.27. The number of benzene rings is 1. The first-order valence-electron chi connectivity index (χ1n) is 3.68. The van der Waals surface area contributed by atoms with Crippen molar-refractivity contribution >= 4 is 17.7 Å². The van der Waals surface area contributed by atoms with Crippen LogP contribution in [0.1, 0.15) is 5.56 Å². The van der Waals surface area contributed by atoms with Crippen LogP contribution >= 0.6 is 11.6 Å². The van der Waals surface area contributed by atoms with Gasteiger partial charge in [-0.25, -0.2) is 0 Å². The fraction of sp³-hybridized carbons (Fsp3) is 0.100. The van der Waals surface area contributed by atoms with E-state index >= 15 is 0 Å². The molecule has 0 amide bonds. The molecule has 0 aliphatic heterocycles. The SMILES string of the molecule is COc1cccc(Cl)c1/C=C/C#N. The van der Waals surface area contributed by atoms with Crippen molar-refractivity contribution in [3.8, 4) is 11.8 Å². The van der Waals surface area contributed by atoms with E-state index in [1.807, 2.05) is 6.07 Å². The Kier molecular flexibility index (Phi) is 3.36. The van der Waals surface area contributed by atoms with Crippen LogP contribution in [0.25, 0.3) is 6.08 Å². The number of nitrogens with zero attached hydrogens (tertiary/aromatic N) is 1. The van der Waals surface area contributed by atoms with Gasteiger partial charge in [0.1, 0.15) is 5.75 Å². The summed E-state index contributed by atoms with van der Waals surface area (Å²) in [5.74, 6) is 0.666. The second kappa shape index (κ2) is 4.54. The molecule has 0 aromatic heterocycles. The maximum absolute atomic E-state index is 8.36. The van der Waals surface area contributed by atoms with Crippen LogP contribution in [0.15, 0.2) is 24.3 Å². The number of nitriles is 1. The van der Waals surface area contributed by atoms with Crippen LogP contribution in [-0.2, 0) is 0 Å². The molecule has 1 rings (SSSR count). The standard InChI is InChI=1S/C10H8ClNO/c1-13-10-6-2-5-9(11)8(10)4-3-7-12/h2-6H,1H3/b4-3+. The molecule has 0 radical (unpaired) electrons. The van der Waals surface area contributed by atoms with Gasteiger partial charge in [0.2, 0.25) is 0 Å². The second-order valence-corrected chi connectivity index (χ2v) is 2.73. The summed E-state index contributed by atoms with van der Waals surface area (Å²) in [5, 5.41) is 8.94. The van der Waals surface area contributed by atoms with Gasteiger partial charge in [0.25, 0.3) is 0 Å². The molecular formula is C10H8ClNO. The van der Waals surface area contributed by atoms with Crippen molar-refractivity contribution in [1.29, 1.82) is 5.26 Å². The van der Waals surface area contributed by atoms with E-state index in [0.29, 0.717) is 10.8 Å². The van der Waals surface area contributed by atoms with Crippen LogP contribution in [0.4, 0.5) is 0 Å². The van der Waals surface area contributed by atoms with Gasteiger partial charge in [0, 0.05) is 11.6 Å². The Hall–Kier alpha value is -1.46. The topological polar surface area (TPSA) is 33.0 Å². The van der Waals surface area contributed by atoms with E-state index in [0.717, 1.165) is 5.56 Å². The third kappa shape index (κ3) is 2.24. The Labute approximate surface area is 82.0 Å². The van der Waals surface area contributed by atoms with Crippen LogP contribution in [-0.4, -0.2) is 7.11 Å². The van der Waals surface area contributed by atoms with Gasteiger partial charge < -0.3 is 4.74 Å². The average molecular weight is 194 g/mol. The van der Waals surface area contributed by atoms with Crippen LogP contribution in [0.2, 0.25) is 5.02 Å². The molecule has 0 aliphatic carbocycles. The molecule has 66 valence electrons. The Balaban J connectivity index is 3.17. The van der Waals surface area contributed by atoms with Crippen molar-refractivity contribution in [1.82, 2.24) is 0 Å². The van der Waals surface area contributed by atoms with Crippen LogP contribution in [0, 0.1) is 11.3 Å². The van der Waals surface area contributed by atoms with Crippen molar-refractivity contribution in [2.24, 2.45) is 0 Å².